The predicted octanol–water partition coefficient (Wildman–Crippen LogP) is 6.42. The Bertz CT molecular complexity index is 1590. The Morgan fingerprint density at radius 3 is 2.58 bits per heavy atom. The van der Waals surface area contributed by atoms with Gasteiger partial charge in [-0.3, -0.25) is 14.5 Å². The van der Waals surface area contributed by atoms with Gasteiger partial charge in [0, 0.05) is 41.7 Å². The number of rotatable bonds is 6. The normalized spacial score (nSPS) is 17.1. The quantitative estimate of drug-likeness (QED) is 0.318. The predicted molar refractivity (Wildman–Crippen MR) is 150 cm³/mol. The molecule has 2 fully saturated rings. The van der Waals surface area contributed by atoms with E-state index < -0.39 is 22.5 Å². The maximum absolute atomic E-state index is 14.1. The molecule has 1 aromatic heterocycles. The van der Waals surface area contributed by atoms with Gasteiger partial charge in [-0.1, -0.05) is 41.6 Å². The number of carbonyl (C=O) groups excluding carboxylic acids is 2. The summed E-state index contributed by atoms with van der Waals surface area (Å²) in [4.78, 5) is 45.3. The molecule has 0 atom stereocenters. The average Bonchev–Trinajstić information content (AvgIpc) is 3.67. The van der Waals surface area contributed by atoms with E-state index in [2.05, 4.69) is 10.3 Å². The van der Waals surface area contributed by atoms with Crippen molar-refractivity contribution in [2.75, 3.05) is 18.0 Å². The van der Waals surface area contributed by atoms with E-state index in [-0.39, 0.29) is 29.6 Å². The number of carbonyl (C=O) groups is 2. The molecule has 0 spiro atoms. The highest BCUT2D eigenvalue weighted by molar-refractivity contribution is 7.99. The molecule has 208 valence electrons. The average molecular weight is 605 g/mol. The Hall–Kier alpha value is -3.08. The minimum Gasteiger partial charge on any atom is -0.338 e. The zero-order valence-corrected chi connectivity index (χ0v) is 23.4. The summed E-state index contributed by atoms with van der Waals surface area (Å²) in [6.45, 7) is 1.65. The Labute approximate surface area is 242 Å². The van der Waals surface area contributed by atoms with Crippen molar-refractivity contribution in [2.24, 2.45) is 0 Å². The van der Waals surface area contributed by atoms with Gasteiger partial charge in [-0.15, -0.1) is 0 Å². The lowest BCUT2D eigenvalue weighted by Crippen LogP contribution is -2.46. The van der Waals surface area contributed by atoms with Crippen LogP contribution in [0.15, 0.2) is 57.1 Å². The maximum Gasteiger partial charge on any atom is 0.362 e. The highest BCUT2D eigenvalue weighted by atomic mass is 35.5. The van der Waals surface area contributed by atoms with E-state index in [9.17, 15) is 23.2 Å². The molecule has 6 rings (SSSR count). The van der Waals surface area contributed by atoms with Crippen molar-refractivity contribution in [3.8, 4) is 0 Å². The summed E-state index contributed by atoms with van der Waals surface area (Å²) in [6.07, 6.45) is 2.78. The van der Waals surface area contributed by atoms with Crippen LogP contribution in [-0.4, -0.2) is 34.9 Å². The molecule has 7 nitrogen and oxygen atoms in total. The standard InChI is InChI=1S/C28H24Cl2F2N4O3S/c29-20-4-1-3-19(15-5-6-15)24(20)40-21-12-22(28(30,31)32)34-25(37)23(21)26(38)35-13-16-7-8-18(11-17(16)14-35)36-10-2-9-33-27(36)39/h1,3-4,7-8,11-12,15H,2,5-6,9-10,13-14H2,(H,33,39)(H,34,37). The zero-order chi connectivity index (χ0) is 28.2. The number of hydrogen-bond donors (Lipinski definition) is 2. The van der Waals surface area contributed by atoms with Crippen LogP contribution in [0.25, 0.3) is 0 Å². The van der Waals surface area contributed by atoms with Crippen molar-refractivity contribution in [3.63, 3.8) is 0 Å². The Morgan fingerprint density at radius 1 is 1.07 bits per heavy atom. The van der Waals surface area contributed by atoms with Gasteiger partial charge in [-0.2, -0.15) is 8.78 Å². The highest BCUT2D eigenvalue weighted by Gasteiger charge is 2.35. The summed E-state index contributed by atoms with van der Waals surface area (Å²) in [6, 6.07) is 11.9. The molecule has 40 heavy (non-hydrogen) atoms. The largest absolute Gasteiger partial charge is 0.362 e. The zero-order valence-electron chi connectivity index (χ0n) is 21.1. The van der Waals surface area contributed by atoms with Crippen LogP contribution in [0.1, 0.15) is 57.9 Å². The Kier molecular flexibility index (Phi) is 7.04. The molecule has 0 radical (unpaired) electrons. The lowest BCUT2D eigenvalue weighted by atomic mass is 10.1. The van der Waals surface area contributed by atoms with E-state index in [1.165, 1.54) is 4.90 Å². The van der Waals surface area contributed by atoms with E-state index in [1.807, 2.05) is 30.3 Å². The summed E-state index contributed by atoms with van der Waals surface area (Å²) < 4.78 is 28.2. The molecular formula is C28H24Cl2F2N4O3S. The number of halogens is 4. The van der Waals surface area contributed by atoms with Gasteiger partial charge in [0.1, 0.15) is 11.3 Å². The molecule has 3 heterocycles. The van der Waals surface area contributed by atoms with Crippen LogP contribution in [0, 0.1) is 0 Å². The molecule has 3 amide bonds. The van der Waals surface area contributed by atoms with Crippen molar-refractivity contribution in [2.45, 2.75) is 53.4 Å². The Morgan fingerprint density at radius 2 is 1.85 bits per heavy atom. The fourth-order valence-corrected chi connectivity index (χ4v) is 6.75. The fraction of sp³-hybridized carbons (Fsp3) is 0.321. The van der Waals surface area contributed by atoms with Gasteiger partial charge in [0.15, 0.2) is 0 Å². The molecule has 12 heteroatoms. The minimum absolute atomic E-state index is 0.0562. The number of aromatic nitrogens is 1. The van der Waals surface area contributed by atoms with Crippen molar-refractivity contribution in [1.82, 2.24) is 15.2 Å². The number of amides is 3. The first-order valence-corrected chi connectivity index (χ1v) is 14.4. The summed E-state index contributed by atoms with van der Waals surface area (Å²) in [5.41, 5.74) is 1.41. The molecule has 0 unspecified atom stereocenters. The van der Waals surface area contributed by atoms with Gasteiger partial charge in [0.25, 0.3) is 11.5 Å². The second-order valence-electron chi connectivity index (χ2n) is 10.1. The van der Waals surface area contributed by atoms with Gasteiger partial charge in [-0.05, 0) is 77.7 Å². The van der Waals surface area contributed by atoms with Crippen molar-refractivity contribution in [1.29, 1.82) is 0 Å². The third-order valence-corrected chi connectivity index (χ3v) is 9.17. The molecule has 3 aliphatic rings. The van der Waals surface area contributed by atoms with Crippen LogP contribution in [0.4, 0.5) is 19.3 Å². The summed E-state index contributed by atoms with van der Waals surface area (Å²) >= 11 is 12.8. The fourth-order valence-electron chi connectivity index (χ4n) is 5.16. The third-order valence-electron chi connectivity index (χ3n) is 7.33. The number of anilines is 1. The van der Waals surface area contributed by atoms with Crippen LogP contribution in [0.5, 0.6) is 0 Å². The number of aromatic amines is 1. The molecule has 3 aromatic rings. The molecule has 1 saturated carbocycles. The third kappa shape index (κ3) is 5.20. The molecule has 1 aliphatic carbocycles. The number of urea groups is 1. The Balaban J connectivity index is 1.34. The summed E-state index contributed by atoms with van der Waals surface area (Å²) in [5.74, 6) is -0.303. The van der Waals surface area contributed by atoms with Gasteiger partial charge >= 0.3 is 11.4 Å². The first-order valence-electron chi connectivity index (χ1n) is 12.9. The van der Waals surface area contributed by atoms with Crippen molar-refractivity contribution < 1.29 is 18.4 Å². The number of benzene rings is 2. The molecule has 2 N–H and O–H groups in total. The summed E-state index contributed by atoms with van der Waals surface area (Å²) in [5, 5.41) is -0.602. The second kappa shape index (κ2) is 10.4. The molecule has 2 aliphatic heterocycles. The van der Waals surface area contributed by atoms with Crippen molar-refractivity contribution in [3.05, 3.63) is 85.8 Å². The van der Waals surface area contributed by atoms with E-state index in [1.54, 1.807) is 11.0 Å². The first-order chi connectivity index (χ1) is 19.1. The van der Waals surface area contributed by atoms with Gasteiger partial charge < -0.3 is 15.2 Å². The molecule has 2 aromatic carbocycles. The number of fused-ring (bicyclic) bond motifs is 1. The SMILES string of the molecule is O=C(c1c(Sc2c(Cl)cccc2C2CC2)cc(C(F)(F)Cl)[nH]c1=O)N1Cc2ccc(N3CCCNC3=O)cc2C1. The molecule has 0 bridgehead atoms. The summed E-state index contributed by atoms with van der Waals surface area (Å²) in [7, 11) is 0. The lowest BCUT2D eigenvalue weighted by Gasteiger charge is -2.27. The number of pyridine rings is 1. The van der Waals surface area contributed by atoms with E-state index in [4.69, 9.17) is 23.2 Å². The lowest BCUT2D eigenvalue weighted by molar-refractivity contribution is 0.0740. The van der Waals surface area contributed by atoms with E-state index in [0.29, 0.717) is 28.9 Å². The number of nitrogens with zero attached hydrogens (tertiary/aromatic N) is 2. The van der Waals surface area contributed by atoms with Crippen LogP contribution >= 0.6 is 35.0 Å². The van der Waals surface area contributed by atoms with Crippen molar-refractivity contribution >= 4 is 52.6 Å². The molecular weight excluding hydrogens is 581 g/mol. The van der Waals surface area contributed by atoms with Crippen LogP contribution < -0.4 is 15.8 Å². The van der Waals surface area contributed by atoms with Gasteiger partial charge in [0.2, 0.25) is 0 Å². The van der Waals surface area contributed by atoms with E-state index >= 15 is 0 Å². The monoisotopic (exact) mass is 604 g/mol. The smallest absolute Gasteiger partial charge is 0.338 e. The maximum atomic E-state index is 14.1. The second-order valence-corrected chi connectivity index (χ2v) is 12.1. The number of nitrogens with one attached hydrogen (secondary N) is 2. The molecule has 1 saturated heterocycles. The minimum atomic E-state index is -3.84. The number of alkyl halides is 3. The topological polar surface area (TPSA) is 85.5 Å². The van der Waals surface area contributed by atoms with E-state index in [0.717, 1.165) is 59.5 Å². The van der Waals surface area contributed by atoms with Crippen LogP contribution in [0.3, 0.4) is 0 Å². The van der Waals surface area contributed by atoms with Crippen LogP contribution in [0.2, 0.25) is 5.02 Å². The van der Waals surface area contributed by atoms with Gasteiger partial charge in [0.05, 0.1) is 5.02 Å². The van der Waals surface area contributed by atoms with Crippen LogP contribution in [-0.2, 0) is 18.5 Å². The highest BCUT2D eigenvalue weighted by Crippen LogP contribution is 2.48. The first kappa shape index (κ1) is 27.1. The number of H-pyrrole nitrogens is 1. The van der Waals surface area contributed by atoms with Gasteiger partial charge in [-0.25, -0.2) is 4.79 Å². The number of hydrogen-bond acceptors (Lipinski definition) is 4.